The number of carbonyl (C=O) groups is 1. The molecule has 0 aliphatic heterocycles. The number of fused-ring (bicyclic) bond motifs is 1. The Morgan fingerprint density at radius 1 is 1.03 bits per heavy atom. The van der Waals surface area contributed by atoms with Crippen LogP contribution < -0.4 is 4.31 Å². The average Bonchev–Trinajstić information content (AvgIpc) is 3.24. The molecule has 2 heterocycles. The third kappa shape index (κ3) is 6.04. The second-order valence-electron chi connectivity index (χ2n) is 9.17. The molecule has 1 N–H and O–H groups in total. The van der Waals surface area contributed by atoms with Crippen molar-refractivity contribution in [2.75, 3.05) is 10.8 Å². The molecular weight excluding hydrogens is 539 g/mol. The van der Waals surface area contributed by atoms with Crippen LogP contribution in [0.2, 0.25) is 10.0 Å². The molecule has 0 aliphatic rings. The van der Waals surface area contributed by atoms with Crippen molar-refractivity contribution in [3.8, 4) is 5.82 Å². The van der Waals surface area contributed by atoms with E-state index in [-0.39, 0.29) is 27.2 Å². The molecule has 0 saturated carbocycles. The van der Waals surface area contributed by atoms with E-state index in [1.807, 2.05) is 0 Å². The molecule has 2 aromatic heterocycles. The summed E-state index contributed by atoms with van der Waals surface area (Å²) in [7, 11) is -4.26. The lowest BCUT2D eigenvalue weighted by Crippen LogP contribution is -2.39. The SMILES string of the molecule is CC(C)(C)OC(=O)CN(c1ccc2c(ccn2-c2ccc(CO)nn2)c1)S(=O)(=O)c1cc(Cl)cc(Cl)c1. The van der Waals surface area contributed by atoms with Gasteiger partial charge in [-0.25, -0.2) is 8.42 Å². The fourth-order valence-electron chi connectivity index (χ4n) is 3.66. The van der Waals surface area contributed by atoms with Crippen molar-refractivity contribution < 1.29 is 23.1 Å². The Morgan fingerprint density at radius 3 is 2.32 bits per heavy atom. The van der Waals surface area contributed by atoms with Crippen molar-refractivity contribution in [3.05, 3.63) is 76.5 Å². The molecule has 2 aromatic carbocycles. The first kappa shape index (κ1) is 26.9. The first-order chi connectivity index (χ1) is 17.4. The molecule has 0 bridgehead atoms. The van der Waals surface area contributed by atoms with Crippen LogP contribution in [0.15, 0.2) is 65.7 Å². The standard InChI is InChI=1S/C25H24Cl2N4O5S/c1-25(2,3)36-24(33)14-31(37(34,35)21-12-17(26)11-18(27)13-21)20-5-6-22-16(10-20)8-9-30(22)23-7-4-19(15-32)28-29-23/h4-13,32H,14-15H2,1-3H3. The lowest BCUT2D eigenvalue weighted by atomic mass is 10.2. The van der Waals surface area contributed by atoms with Crippen molar-refractivity contribution in [2.45, 2.75) is 37.9 Å². The van der Waals surface area contributed by atoms with Crippen LogP contribution in [0, 0.1) is 0 Å². The summed E-state index contributed by atoms with van der Waals surface area (Å²) in [5, 5.41) is 18.3. The van der Waals surface area contributed by atoms with Gasteiger partial charge in [-0.3, -0.25) is 13.7 Å². The van der Waals surface area contributed by atoms with Gasteiger partial charge in [0.25, 0.3) is 10.0 Å². The van der Waals surface area contributed by atoms with Gasteiger partial charge >= 0.3 is 5.97 Å². The third-order valence-electron chi connectivity index (χ3n) is 5.19. The zero-order chi connectivity index (χ0) is 27.0. The van der Waals surface area contributed by atoms with Gasteiger partial charge in [0.2, 0.25) is 0 Å². The van der Waals surface area contributed by atoms with Crippen LogP contribution in [0.5, 0.6) is 0 Å². The number of hydrogen-bond donors (Lipinski definition) is 1. The van der Waals surface area contributed by atoms with Crippen molar-refractivity contribution in [1.29, 1.82) is 0 Å². The number of halogens is 2. The molecule has 12 heteroatoms. The number of anilines is 1. The number of carbonyl (C=O) groups excluding carboxylic acids is 1. The van der Waals surface area contributed by atoms with Gasteiger partial charge in [-0.15, -0.1) is 5.10 Å². The summed E-state index contributed by atoms with van der Waals surface area (Å²) in [4.78, 5) is 12.6. The summed E-state index contributed by atoms with van der Waals surface area (Å²) >= 11 is 12.1. The van der Waals surface area contributed by atoms with Crippen LogP contribution in [-0.2, 0) is 26.2 Å². The van der Waals surface area contributed by atoms with E-state index in [0.717, 1.165) is 9.82 Å². The van der Waals surface area contributed by atoms with Crippen LogP contribution in [-0.4, -0.2) is 46.4 Å². The Morgan fingerprint density at radius 2 is 1.73 bits per heavy atom. The monoisotopic (exact) mass is 562 g/mol. The Labute approximate surface area is 224 Å². The summed E-state index contributed by atoms with van der Waals surface area (Å²) < 4.78 is 35.6. The van der Waals surface area contributed by atoms with E-state index in [1.54, 1.807) is 67.9 Å². The van der Waals surface area contributed by atoms with Crippen LogP contribution in [0.25, 0.3) is 16.7 Å². The van der Waals surface area contributed by atoms with E-state index in [1.165, 1.54) is 18.2 Å². The van der Waals surface area contributed by atoms with Crippen molar-refractivity contribution in [2.24, 2.45) is 0 Å². The highest BCUT2D eigenvalue weighted by molar-refractivity contribution is 7.92. The molecule has 0 radical (unpaired) electrons. The zero-order valence-corrected chi connectivity index (χ0v) is 22.5. The average molecular weight is 563 g/mol. The molecule has 4 rings (SSSR count). The van der Waals surface area contributed by atoms with Gasteiger partial charge in [-0.2, -0.15) is 5.10 Å². The number of benzene rings is 2. The number of hydrogen-bond acceptors (Lipinski definition) is 7. The number of aromatic nitrogens is 3. The molecule has 0 saturated heterocycles. The predicted octanol–water partition coefficient (Wildman–Crippen LogP) is 4.76. The molecule has 9 nitrogen and oxygen atoms in total. The largest absolute Gasteiger partial charge is 0.459 e. The Bertz CT molecular complexity index is 1540. The highest BCUT2D eigenvalue weighted by Gasteiger charge is 2.30. The van der Waals surface area contributed by atoms with E-state index in [0.29, 0.717) is 16.9 Å². The number of esters is 1. The summed E-state index contributed by atoms with van der Waals surface area (Å²) in [5.41, 5.74) is 0.607. The zero-order valence-electron chi connectivity index (χ0n) is 20.2. The second kappa shape index (κ2) is 10.3. The summed E-state index contributed by atoms with van der Waals surface area (Å²) in [6, 6.07) is 14.1. The molecule has 4 aromatic rings. The molecule has 0 atom stereocenters. The third-order valence-corrected chi connectivity index (χ3v) is 7.38. The van der Waals surface area contributed by atoms with E-state index in [2.05, 4.69) is 10.2 Å². The predicted molar refractivity (Wildman–Crippen MR) is 142 cm³/mol. The summed E-state index contributed by atoms with van der Waals surface area (Å²) in [6.07, 6.45) is 1.76. The minimum absolute atomic E-state index is 0.143. The van der Waals surface area contributed by atoms with Gasteiger partial charge in [0.1, 0.15) is 12.1 Å². The van der Waals surface area contributed by atoms with Crippen LogP contribution in [0.3, 0.4) is 0 Å². The maximum atomic E-state index is 13.7. The highest BCUT2D eigenvalue weighted by Crippen LogP contribution is 2.31. The smallest absolute Gasteiger partial charge is 0.327 e. The fourth-order valence-corrected chi connectivity index (χ4v) is 5.79. The van der Waals surface area contributed by atoms with Gasteiger partial charge in [0, 0.05) is 21.6 Å². The maximum absolute atomic E-state index is 13.7. The van der Waals surface area contributed by atoms with Crippen LogP contribution >= 0.6 is 23.2 Å². The molecule has 0 amide bonds. The number of nitrogens with zero attached hydrogens (tertiary/aromatic N) is 4. The van der Waals surface area contributed by atoms with Crippen molar-refractivity contribution in [3.63, 3.8) is 0 Å². The number of rotatable bonds is 7. The van der Waals surface area contributed by atoms with Crippen LogP contribution in [0.4, 0.5) is 5.69 Å². The van der Waals surface area contributed by atoms with Gasteiger partial charge in [0.05, 0.1) is 28.4 Å². The van der Waals surface area contributed by atoms with E-state index < -0.39 is 28.1 Å². The second-order valence-corrected chi connectivity index (χ2v) is 11.9. The van der Waals surface area contributed by atoms with Gasteiger partial charge in [-0.1, -0.05) is 23.2 Å². The number of ether oxygens (including phenoxy) is 1. The molecule has 0 unspecified atom stereocenters. The minimum atomic E-state index is -4.26. The number of aliphatic hydroxyl groups is 1. The maximum Gasteiger partial charge on any atom is 0.327 e. The lowest BCUT2D eigenvalue weighted by Gasteiger charge is -2.26. The van der Waals surface area contributed by atoms with Gasteiger partial charge < -0.3 is 9.84 Å². The summed E-state index contributed by atoms with van der Waals surface area (Å²) in [5.74, 6) is -0.201. The van der Waals surface area contributed by atoms with E-state index in [9.17, 15) is 18.3 Å². The number of aliphatic hydroxyl groups excluding tert-OH is 1. The van der Waals surface area contributed by atoms with Crippen LogP contribution in [0.1, 0.15) is 26.5 Å². The van der Waals surface area contributed by atoms with Crippen molar-refractivity contribution in [1.82, 2.24) is 14.8 Å². The highest BCUT2D eigenvalue weighted by atomic mass is 35.5. The molecule has 0 aliphatic carbocycles. The van der Waals surface area contributed by atoms with Crippen molar-refractivity contribution >= 4 is 55.8 Å². The molecule has 194 valence electrons. The first-order valence-electron chi connectivity index (χ1n) is 11.1. The molecule has 0 fully saturated rings. The topological polar surface area (TPSA) is 115 Å². The lowest BCUT2D eigenvalue weighted by molar-refractivity contribution is -0.152. The van der Waals surface area contributed by atoms with E-state index >= 15 is 0 Å². The van der Waals surface area contributed by atoms with Gasteiger partial charge in [-0.05, 0) is 75.4 Å². The minimum Gasteiger partial charge on any atom is -0.459 e. The Balaban J connectivity index is 1.78. The first-order valence-corrected chi connectivity index (χ1v) is 13.3. The normalized spacial score (nSPS) is 12.1. The summed E-state index contributed by atoms with van der Waals surface area (Å²) in [6.45, 7) is 4.31. The Kier molecular flexibility index (Phi) is 7.48. The van der Waals surface area contributed by atoms with Gasteiger partial charge in [0.15, 0.2) is 5.82 Å². The molecule has 37 heavy (non-hydrogen) atoms. The fraction of sp³-hybridized carbons (Fsp3) is 0.240. The quantitative estimate of drug-likeness (QED) is 0.323. The Hall–Kier alpha value is -3.18. The molecule has 0 spiro atoms. The molecular formula is C25H24Cl2N4O5S. The number of sulfonamides is 1. The van der Waals surface area contributed by atoms with E-state index in [4.69, 9.17) is 27.9 Å².